The van der Waals surface area contributed by atoms with Crippen LogP contribution in [0.3, 0.4) is 0 Å². The van der Waals surface area contributed by atoms with Gasteiger partial charge >= 0.3 is 0 Å². The van der Waals surface area contributed by atoms with Crippen molar-refractivity contribution in [3.05, 3.63) is 29.6 Å². The summed E-state index contributed by atoms with van der Waals surface area (Å²) in [6, 6.07) is 7.37. The highest BCUT2D eigenvalue weighted by molar-refractivity contribution is 5.85. The van der Waals surface area contributed by atoms with Gasteiger partial charge in [0, 0.05) is 51.3 Å². The maximum Gasteiger partial charge on any atom is 0.151 e. The Bertz CT molecular complexity index is 790. The zero-order valence-electron chi connectivity index (χ0n) is 17.4. The molecule has 1 aromatic rings. The summed E-state index contributed by atoms with van der Waals surface area (Å²) in [5, 5.41) is 16.2. The van der Waals surface area contributed by atoms with Crippen LogP contribution in [-0.4, -0.2) is 62.1 Å². The molecule has 0 radical (unpaired) electrons. The van der Waals surface area contributed by atoms with E-state index in [4.69, 9.17) is 4.74 Å². The number of nitrogens with zero attached hydrogens (tertiary/aromatic N) is 2. The number of benzene rings is 1. The monoisotopic (exact) mass is 414 g/mol. The topological polar surface area (TPSA) is 77.4 Å². The fraction of sp³-hybridized carbons (Fsp3) is 0.652. The van der Waals surface area contributed by atoms with Gasteiger partial charge in [0.2, 0.25) is 0 Å². The predicted molar refractivity (Wildman–Crippen MR) is 112 cm³/mol. The van der Waals surface area contributed by atoms with Gasteiger partial charge in [-0.1, -0.05) is 6.07 Å². The van der Waals surface area contributed by atoms with Crippen LogP contribution in [0.2, 0.25) is 0 Å². The van der Waals surface area contributed by atoms with Gasteiger partial charge < -0.3 is 15.4 Å². The molecule has 3 fully saturated rings. The number of halogens is 1. The van der Waals surface area contributed by atoms with Crippen LogP contribution in [0, 0.1) is 29.0 Å². The molecule has 30 heavy (non-hydrogen) atoms. The van der Waals surface area contributed by atoms with E-state index < -0.39 is 5.92 Å². The summed E-state index contributed by atoms with van der Waals surface area (Å²) in [6.07, 6.45) is 3.73. The molecule has 2 aliphatic heterocycles. The highest BCUT2D eigenvalue weighted by Gasteiger charge is 2.42. The number of hydrogen-bond acceptors (Lipinski definition) is 6. The molecule has 1 aliphatic carbocycles. The molecule has 162 valence electrons. The molecule has 0 unspecified atom stereocenters. The fourth-order valence-electron chi connectivity index (χ4n) is 5.03. The van der Waals surface area contributed by atoms with Crippen LogP contribution in [0.4, 0.5) is 4.39 Å². The molecule has 0 amide bonds. The van der Waals surface area contributed by atoms with E-state index in [1.54, 1.807) is 12.1 Å². The number of ketones is 1. The first-order chi connectivity index (χ1) is 14.6. The SMILES string of the molecule is N#C[C@@H](CC(=O)[C@H]1N[C@@H]2CC[C@H]1C2)Cc1ccc(OCCN2CCNCC2)cc1F. The molecule has 0 aromatic heterocycles. The maximum absolute atomic E-state index is 14.6. The number of nitriles is 1. The van der Waals surface area contributed by atoms with Crippen molar-refractivity contribution in [2.24, 2.45) is 11.8 Å². The van der Waals surface area contributed by atoms with Gasteiger partial charge in [-0.25, -0.2) is 4.39 Å². The van der Waals surface area contributed by atoms with Crippen LogP contribution in [0.15, 0.2) is 18.2 Å². The summed E-state index contributed by atoms with van der Waals surface area (Å²) in [5.74, 6) is 0.133. The lowest BCUT2D eigenvalue weighted by molar-refractivity contribution is -0.122. The van der Waals surface area contributed by atoms with E-state index in [1.807, 2.05) is 0 Å². The predicted octanol–water partition coefficient (Wildman–Crippen LogP) is 1.89. The largest absolute Gasteiger partial charge is 0.492 e. The molecule has 7 heteroatoms. The zero-order chi connectivity index (χ0) is 20.9. The molecule has 4 atom stereocenters. The summed E-state index contributed by atoms with van der Waals surface area (Å²) in [5.41, 5.74) is 0.463. The second kappa shape index (κ2) is 9.86. The lowest BCUT2D eigenvalue weighted by atomic mass is 9.88. The smallest absolute Gasteiger partial charge is 0.151 e. The molecule has 2 heterocycles. The minimum absolute atomic E-state index is 0.0991. The van der Waals surface area contributed by atoms with Gasteiger partial charge in [0.25, 0.3) is 0 Å². The number of carbonyl (C=O) groups excluding carboxylic acids is 1. The van der Waals surface area contributed by atoms with Crippen LogP contribution < -0.4 is 15.4 Å². The molecular formula is C23H31FN4O2. The minimum atomic E-state index is -0.507. The van der Waals surface area contributed by atoms with E-state index in [0.29, 0.717) is 29.9 Å². The molecule has 2 saturated heterocycles. The van der Waals surface area contributed by atoms with E-state index in [2.05, 4.69) is 21.6 Å². The Hall–Kier alpha value is -2.01. The summed E-state index contributed by atoms with van der Waals surface area (Å²) in [6.45, 7) is 5.32. The van der Waals surface area contributed by atoms with Gasteiger partial charge in [-0.15, -0.1) is 0 Å². The average molecular weight is 415 g/mol. The number of fused-ring (bicyclic) bond motifs is 2. The van der Waals surface area contributed by atoms with E-state index >= 15 is 0 Å². The third-order valence-corrected chi connectivity index (χ3v) is 6.71. The van der Waals surface area contributed by atoms with Gasteiger partial charge in [-0.2, -0.15) is 5.26 Å². The molecule has 3 aliphatic rings. The molecule has 2 bridgehead atoms. The second-order valence-corrected chi connectivity index (χ2v) is 8.81. The number of piperidine rings is 1. The number of ether oxygens (including phenoxy) is 1. The van der Waals surface area contributed by atoms with Gasteiger partial charge in [0.1, 0.15) is 18.2 Å². The first-order valence-corrected chi connectivity index (χ1v) is 11.1. The number of piperazine rings is 1. The van der Waals surface area contributed by atoms with Gasteiger partial charge in [-0.3, -0.25) is 9.69 Å². The standard InChI is InChI=1S/C23H31FN4O2/c24-21-14-20(30-10-9-28-7-5-26-6-8-28)4-2-17(21)11-16(15-25)12-22(29)23-18-1-3-19(13-18)27-23/h2,4,14,16,18-19,23,26-27H,1,3,5-13H2/t16-,18+,19-,23+/m1/s1. The average Bonchev–Trinajstić information content (AvgIpc) is 3.39. The first kappa shape index (κ1) is 21.2. The van der Waals surface area contributed by atoms with Crippen LogP contribution in [0.5, 0.6) is 5.75 Å². The van der Waals surface area contributed by atoms with Crippen molar-refractivity contribution in [1.29, 1.82) is 5.26 Å². The minimum Gasteiger partial charge on any atom is -0.492 e. The highest BCUT2D eigenvalue weighted by Crippen LogP contribution is 2.36. The molecule has 6 nitrogen and oxygen atoms in total. The molecular weight excluding hydrogens is 383 g/mol. The summed E-state index contributed by atoms with van der Waals surface area (Å²) in [7, 11) is 0. The van der Waals surface area contributed by atoms with Crippen molar-refractivity contribution in [1.82, 2.24) is 15.5 Å². The first-order valence-electron chi connectivity index (χ1n) is 11.1. The van der Waals surface area contributed by atoms with E-state index in [-0.39, 0.29) is 30.5 Å². The van der Waals surface area contributed by atoms with E-state index in [0.717, 1.165) is 52.0 Å². The van der Waals surface area contributed by atoms with Crippen LogP contribution >= 0.6 is 0 Å². The highest BCUT2D eigenvalue weighted by atomic mass is 19.1. The normalized spacial score (nSPS) is 27.0. The second-order valence-electron chi connectivity index (χ2n) is 8.81. The Morgan fingerprint density at radius 1 is 1.33 bits per heavy atom. The van der Waals surface area contributed by atoms with Crippen molar-refractivity contribution in [2.45, 2.75) is 44.2 Å². The van der Waals surface area contributed by atoms with Gasteiger partial charge in [0.05, 0.1) is 18.0 Å². The fourth-order valence-corrected chi connectivity index (χ4v) is 5.03. The van der Waals surface area contributed by atoms with Crippen molar-refractivity contribution in [2.75, 3.05) is 39.3 Å². The Balaban J connectivity index is 1.26. The molecule has 2 N–H and O–H groups in total. The van der Waals surface area contributed by atoms with E-state index in [1.165, 1.54) is 6.07 Å². The van der Waals surface area contributed by atoms with Crippen molar-refractivity contribution in [3.63, 3.8) is 0 Å². The Morgan fingerprint density at radius 3 is 2.83 bits per heavy atom. The number of hydrogen-bond donors (Lipinski definition) is 2. The quantitative estimate of drug-likeness (QED) is 0.643. The van der Waals surface area contributed by atoms with Crippen molar-refractivity contribution in [3.8, 4) is 11.8 Å². The lowest BCUT2D eigenvalue weighted by Crippen LogP contribution is -2.44. The number of nitrogens with one attached hydrogen (secondary N) is 2. The number of carbonyl (C=O) groups is 1. The Morgan fingerprint density at radius 2 is 2.17 bits per heavy atom. The third-order valence-electron chi connectivity index (χ3n) is 6.71. The van der Waals surface area contributed by atoms with Crippen molar-refractivity contribution < 1.29 is 13.9 Å². The number of rotatable bonds is 9. The molecule has 1 saturated carbocycles. The van der Waals surface area contributed by atoms with Crippen LogP contribution in [0.1, 0.15) is 31.2 Å². The summed E-state index contributed by atoms with van der Waals surface area (Å²) in [4.78, 5) is 15.0. The van der Waals surface area contributed by atoms with Gasteiger partial charge in [-0.05, 0) is 43.2 Å². The Labute approximate surface area is 177 Å². The summed E-state index contributed by atoms with van der Waals surface area (Å²) < 4.78 is 20.3. The van der Waals surface area contributed by atoms with E-state index in [9.17, 15) is 14.4 Å². The van der Waals surface area contributed by atoms with Crippen LogP contribution in [-0.2, 0) is 11.2 Å². The zero-order valence-corrected chi connectivity index (χ0v) is 17.4. The third kappa shape index (κ3) is 5.18. The van der Waals surface area contributed by atoms with Crippen LogP contribution in [0.25, 0.3) is 0 Å². The Kier molecular flexibility index (Phi) is 6.98. The molecule has 4 rings (SSSR count). The lowest BCUT2D eigenvalue weighted by Gasteiger charge is -2.26. The van der Waals surface area contributed by atoms with Gasteiger partial charge in [0.15, 0.2) is 5.78 Å². The van der Waals surface area contributed by atoms with Crippen molar-refractivity contribution >= 4 is 5.78 Å². The number of Topliss-reactive ketones (excluding diaryl/α,β-unsaturated/α-hetero) is 1. The maximum atomic E-state index is 14.6. The molecule has 0 spiro atoms. The molecule has 1 aromatic carbocycles. The summed E-state index contributed by atoms with van der Waals surface area (Å²) >= 11 is 0.